The fourth-order valence-corrected chi connectivity index (χ4v) is 1.18. The van der Waals surface area contributed by atoms with Gasteiger partial charge in [0.15, 0.2) is 0 Å². The number of pyridine rings is 1. The van der Waals surface area contributed by atoms with Gasteiger partial charge in [0.05, 0.1) is 12.3 Å². The largest absolute Gasteiger partial charge is 0.392 e. The summed E-state index contributed by atoms with van der Waals surface area (Å²) in [6, 6.07) is 2.52. The minimum absolute atomic E-state index is 0.182. The van der Waals surface area contributed by atoms with Gasteiger partial charge in [-0.05, 0) is 19.1 Å². The summed E-state index contributed by atoms with van der Waals surface area (Å²) >= 11 is 0. The average molecular weight is 241 g/mol. The molecule has 0 radical (unpaired) electrons. The van der Waals surface area contributed by atoms with Crippen LogP contribution in [0, 0.1) is 5.82 Å². The molecule has 1 aromatic heterocycles. The number of amides is 1. The van der Waals surface area contributed by atoms with Crippen LogP contribution in [-0.4, -0.2) is 41.7 Å². The maximum atomic E-state index is 12.6. The summed E-state index contributed by atoms with van der Waals surface area (Å²) < 4.78 is 12.6. The predicted octanol–water partition coefficient (Wildman–Crippen LogP) is -0.0791. The Bertz CT molecular complexity index is 354. The smallest absolute Gasteiger partial charge is 0.269 e. The van der Waals surface area contributed by atoms with Gasteiger partial charge in [0.2, 0.25) is 0 Å². The van der Waals surface area contributed by atoms with Gasteiger partial charge >= 0.3 is 0 Å². The molecular formula is C11H16FN3O2. The zero-order valence-corrected chi connectivity index (χ0v) is 9.61. The zero-order chi connectivity index (χ0) is 12.7. The van der Waals surface area contributed by atoms with E-state index in [0.717, 1.165) is 6.20 Å². The van der Waals surface area contributed by atoms with Gasteiger partial charge in [0, 0.05) is 19.6 Å². The lowest BCUT2D eigenvalue weighted by Gasteiger charge is -2.07. The van der Waals surface area contributed by atoms with Gasteiger partial charge in [0.25, 0.3) is 5.91 Å². The van der Waals surface area contributed by atoms with Crippen LogP contribution in [0.4, 0.5) is 4.39 Å². The number of aliphatic hydroxyl groups excluding tert-OH is 1. The Hall–Kier alpha value is -1.53. The third kappa shape index (κ3) is 5.37. The highest BCUT2D eigenvalue weighted by molar-refractivity contribution is 5.92. The van der Waals surface area contributed by atoms with Crippen molar-refractivity contribution in [3.63, 3.8) is 0 Å². The SMILES string of the molecule is CC(O)CNCCNC(=O)c1ccc(F)cn1. The molecule has 1 heterocycles. The fourth-order valence-electron chi connectivity index (χ4n) is 1.18. The molecule has 0 aliphatic heterocycles. The third-order valence-corrected chi connectivity index (χ3v) is 1.99. The van der Waals surface area contributed by atoms with Gasteiger partial charge in [-0.1, -0.05) is 0 Å². The minimum atomic E-state index is -0.472. The lowest BCUT2D eigenvalue weighted by molar-refractivity contribution is 0.0948. The number of rotatable bonds is 6. The highest BCUT2D eigenvalue weighted by Crippen LogP contribution is 1.97. The molecule has 0 spiro atoms. The van der Waals surface area contributed by atoms with Crippen molar-refractivity contribution in [2.45, 2.75) is 13.0 Å². The van der Waals surface area contributed by atoms with Gasteiger partial charge in [0.1, 0.15) is 11.5 Å². The van der Waals surface area contributed by atoms with Crippen LogP contribution in [0.25, 0.3) is 0 Å². The molecular weight excluding hydrogens is 225 g/mol. The van der Waals surface area contributed by atoms with E-state index in [0.29, 0.717) is 19.6 Å². The number of aliphatic hydroxyl groups is 1. The first-order chi connectivity index (χ1) is 8.09. The number of hydrogen-bond donors (Lipinski definition) is 3. The minimum Gasteiger partial charge on any atom is -0.392 e. The van der Waals surface area contributed by atoms with Crippen LogP contribution in [0.2, 0.25) is 0 Å². The molecule has 17 heavy (non-hydrogen) atoms. The van der Waals surface area contributed by atoms with Crippen molar-refractivity contribution in [2.24, 2.45) is 0 Å². The Balaban J connectivity index is 2.23. The molecule has 0 saturated heterocycles. The van der Waals surface area contributed by atoms with Gasteiger partial charge in [-0.3, -0.25) is 4.79 Å². The second-order valence-electron chi connectivity index (χ2n) is 3.67. The van der Waals surface area contributed by atoms with E-state index >= 15 is 0 Å². The van der Waals surface area contributed by atoms with E-state index in [4.69, 9.17) is 5.11 Å². The van der Waals surface area contributed by atoms with Crippen LogP contribution in [0.3, 0.4) is 0 Å². The normalized spacial score (nSPS) is 12.2. The topological polar surface area (TPSA) is 74.2 Å². The lowest BCUT2D eigenvalue weighted by atomic mass is 10.3. The summed E-state index contributed by atoms with van der Waals surface area (Å²) in [5.74, 6) is -0.816. The summed E-state index contributed by atoms with van der Waals surface area (Å²) in [6.45, 7) is 3.13. The number of hydrogen-bond acceptors (Lipinski definition) is 4. The quantitative estimate of drug-likeness (QED) is 0.609. The number of nitrogens with one attached hydrogen (secondary N) is 2. The van der Waals surface area contributed by atoms with Gasteiger partial charge < -0.3 is 15.7 Å². The lowest BCUT2D eigenvalue weighted by Crippen LogP contribution is -2.34. The van der Waals surface area contributed by atoms with E-state index in [-0.39, 0.29) is 11.6 Å². The van der Waals surface area contributed by atoms with Crippen molar-refractivity contribution in [1.29, 1.82) is 0 Å². The van der Waals surface area contributed by atoms with Crippen molar-refractivity contribution >= 4 is 5.91 Å². The Kier molecular flexibility index (Phi) is 5.51. The highest BCUT2D eigenvalue weighted by atomic mass is 19.1. The van der Waals surface area contributed by atoms with E-state index in [2.05, 4.69) is 15.6 Å². The van der Waals surface area contributed by atoms with Crippen molar-refractivity contribution in [3.8, 4) is 0 Å². The van der Waals surface area contributed by atoms with E-state index in [1.807, 2.05) is 0 Å². The summed E-state index contributed by atoms with van der Waals surface area (Å²) in [6.07, 6.45) is 0.588. The van der Waals surface area contributed by atoms with E-state index < -0.39 is 11.9 Å². The third-order valence-electron chi connectivity index (χ3n) is 1.99. The summed E-state index contributed by atoms with van der Waals surface area (Å²) in [7, 11) is 0. The Labute approximate surface area is 99.1 Å². The zero-order valence-electron chi connectivity index (χ0n) is 9.61. The monoisotopic (exact) mass is 241 g/mol. The van der Waals surface area contributed by atoms with Gasteiger partial charge in [-0.15, -0.1) is 0 Å². The molecule has 1 amide bonds. The summed E-state index contributed by atoms with van der Waals surface area (Å²) in [4.78, 5) is 15.1. The molecule has 1 rings (SSSR count). The Morgan fingerprint density at radius 2 is 2.29 bits per heavy atom. The average Bonchev–Trinajstić information content (AvgIpc) is 2.29. The number of aromatic nitrogens is 1. The van der Waals surface area contributed by atoms with Crippen LogP contribution in [0.1, 0.15) is 17.4 Å². The molecule has 1 aromatic rings. The van der Waals surface area contributed by atoms with Crippen molar-refractivity contribution in [1.82, 2.24) is 15.6 Å². The number of carbonyl (C=O) groups excluding carboxylic acids is 1. The second kappa shape index (κ2) is 6.93. The molecule has 0 saturated carbocycles. The van der Waals surface area contributed by atoms with E-state index in [1.54, 1.807) is 6.92 Å². The van der Waals surface area contributed by atoms with E-state index in [9.17, 15) is 9.18 Å². The molecule has 6 heteroatoms. The van der Waals surface area contributed by atoms with Gasteiger partial charge in [-0.25, -0.2) is 9.37 Å². The number of nitrogens with zero attached hydrogens (tertiary/aromatic N) is 1. The Morgan fingerprint density at radius 1 is 1.53 bits per heavy atom. The van der Waals surface area contributed by atoms with Gasteiger partial charge in [-0.2, -0.15) is 0 Å². The molecule has 1 atom stereocenters. The Morgan fingerprint density at radius 3 is 2.88 bits per heavy atom. The number of halogens is 1. The predicted molar refractivity (Wildman–Crippen MR) is 61.1 cm³/mol. The molecule has 3 N–H and O–H groups in total. The van der Waals surface area contributed by atoms with Crippen molar-refractivity contribution in [3.05, 3.63) is 29.8 Å². The summed E-state index contributed by atoms with van der Waals surface area (Å²) in [5.41, 5.74) is 0.182. The standard InChI is InChI=1S/C11H16FN3O2/c1-8(16)6-13-4-5-14-11(17)10-3-2-9(12)7-15-10/h2-3,7-8,13,16H,4-6H2,1H3,(H,14,17). The molecule has 5 nitrogen and oxygen atoms in total. The van der Waals surface area contributed by atoms with Crippen LogP contribution in [0.5, 0.6) is 0 Å². The fraction of sp³-hybridized carbons (Fsp3) is 0.455. The first-order valence-electron chi connectivity index (χ1n) is 5.38. The molecule has 0 bridgehead atoms. The van der Waals surface area contributed by atoms with Crippen LogP contribution >= 0.6 is 0 Å². The van der Waals surface area contributed by atoms with Crippen molar-refractivity contribution in [2.75, 3.05) is 19.6 Å². The van der Waals surface area contributed by atoms with Crippen LogP contribution < -0.4 is 10.6 Å². The molecule has 1 unspecified atom stereocenters. The van der Waals surface area contributed by atoms with Crippen LogP contribution in [0.15, 0.2) is 18.3 Å². The van der Waals surface area contributed by atoms with E-state index in [1.165, 1.54) is 12.1 Å². The van der Waals surface area contributed by atoms with Crippen molar-refractivity contribution < 1.29 is 14.3 Å². The highest BCUT2D eigenvalue weighted by Gasteiger charge is 2.05. The summed E-state index contributed by atoms with van der Waals surface area (Å²) in [5, 5.41) is 14.5. The molecule has 0 aromatic carbocycles. The molecule has 0 aliphatic rings. The number of carbonyl (C=O) groups is 1. The molecule has 94 valence electrons. The second-order valence-corrected chi connectivity index (χ2v) is 3.67. The maximum absolute atomic E-state index is 12.6. The van der Waals surface area contributed by atoms with Crippen LogP contribution in [-0.2, 0) is 0 Å². The first-order valence-corrected chi connectivity index (χ1v) is 5.38. The first kappa shape index (κ1) is 13.5. The maximum Gasteiger partial charge on any atom is 0.269 e. The molecule has 0 aliphatic carbocycles. The molecule has 0 fully saturated rings.